The Morgan fingerprint density at radius 3 is 2.52 bits per heavy atom. The molecule has 0 radical (unpaired) electrons. The second-order valence-corrected chi connectivity index (χ2v) is 5.57. The topological polar surface area (TPSA) is 60.7 Å². The molecular weight excluding hydrogens is 356 g/mol. The van der Waals surface area contributed by atoms with Crippen LogP contribution in [0.1, 0.15) is 16.3 Å². The monoisotopic (exact) mass is 373 g/mol. The summed E-state index contributed by atoms with van der Waals surface area (Å²) in [6.07, 6.45) is 0. The summed E-state index contributed by atoms with van der Waals surface area (Å²) >= 11 is 0. The van der Waals surface area contributed by atoms with Gasteiger partial charge in [-0.1, -0.05) is 6.07 Å². The van der Waals surface area contributed by atoms with Crippen LogP contribution in [0.15, 0.2) is 65.1 Å². The molecule has 5 nitrogen and oxygen atoms in total. The highest BCUT2D eigenvalue weighted by molar-refractivity contribution is 5.91. The molecule has 1 N–H and O–H groups in total. The highest BCUT2D eigenvalue weighted by Crippen LogP contribution is 2.15. The molecule has 3 rings (SSSR count). The van der Waals surface area contributed by atoms with Crippen molar-refractivity contribution in [3.63, 3.8) is 0 Å². The Labute approximate surface area is 154 Å². The van der Waals surface area contributed by atoms with Crippen molar-refractivity contribution in [2.45, 2.75) is 6.61 Å². The van der Waals surface area contributed by atoms with Crippen molar-refractivity contribution < 1.29 is 27.5 Å². The van der Waals surface area contributed by atoms with E-state index in [0.717, 1.165) is 0 Å². The number of carbonyl (C=O) groups excluding carboxylic acids is 1. The average molecular weight is 373 g/mol. The third-order valence-electron chi connectivity index (χ3n) is 3.53. The van der Waals surface area contributed by atoms with Crippen molar-refractivity contribution in [3.8, 4) is 11.5 Å². The summed E-state index contributed by atoms with van der Waals surface area (Å²) in [4.78, 5) is 12.0. The van der Waals surface area contributed by atoms with Gasteiger partial charge >= 0.3 is 0 Å². The summed E-state index contributed by atoms with van der Waals surface area (Å²) < 4.78 is 42.1. The summed E-state index contributed by atoms with van der Waals surface area (Å²) in [5.41, 5.74) is 0. The van der Waals surface area contributed by atoms with Gasteiger partial charge in [-0.05, 0) is 48.5 Å². The molecule has 2 aromatic carbocycles. The Kier molecular flexibility index (Phi) is 6.04. The zero-order valence-corrected chi connectivity index (χ0v) is 14.3. The highest BCUT2D eigenvalue weighted by Gasteiger charge is 2.11. The van der Waals surface area contributed by atoms with Crippen LogP contribution < -0.4 is 14.8 Å². The molecule has 1 heterocycles. The first-order valence-electron chi connectivity index (χ1n) is 8.24. The first kappa shape index (κ1) is 18.4. The standard InChI is InChI=1S/C20H17F2NO4/c21-14-4-6-16(7-5-14)26-13-18-8-9-19(27-18)20(24)23-10-11-25-17-3-1-2-15(22)12-17/h1-9,12H,10-11,13H2,(H,23,24). The highest BCUT2D eigenvalue weighted by atomic mass is 19.1. The van der Waals surface area contributed by atoms with Gasteiger partial charge in [0.25, 0.3) is 5.91 Å². The van der Waals surface area contributed by atoms with E-state index in [1.807, 2.05) is 0 Å². The van der Waals surface area contributed by atoms with E-state index in [4.69, 9.17) is 13.9 Å². The molecule has 0 unspecified atom stereocenters. The van der Waals surface area contributed by atoms with Crippen LogP contribution in [-0.4, -0.2) is 19.1 Å². The number of benzene rings is 2. The van der Waals surface area contributed by atoms with E-state index in [-0.39, 0.29) is 37.2 Å². The van der Waals surface area contributed by atoms with Crippen LogP contribution in [0.2, 0.25) is 0 Å². The molecule has 0 atom stereocenters. The minimum Gasteiger partial charge on any atom is -0.492 e. The van der Waals surface area contributed by atoms with E-state index >= 15 is 0 Å². The molecule has 1 aromatic heterocycles. The van der Waals surface area contributed by atoms with Gasteiger partial charge in [0.15, 0.2) is 5.76 Å². The number of carbonyl (C=O) groups is 1. The number of hydrogen-bond acceptors (Lipinski definition) is 4. The minimum atomic E-state index is -0.397. The van der Waals surface area contributed by atoms with Gasteiger partial charge in [0.05, 0.1) is 6.54 Å². The first-order valence-corrected chi connectivity index (χ1v) is 8.24. The van der Waals surface area contributed by atoms with E-state index in [2.05, 4.69) is 5.32 Å². The van der Waals surface area contributed by atoms with Gasteiger partial charge in [-0.3, -0.25) is 4.79 Å². The molecule has 0 saturated carbocycles. The molecule has 0 aliphatic carbocycles. The molecule has 140 valence electrons. The number of ether oxygens (including phenoxy) is 2. The van der Waals surface area contributed by atoms with Crippen molar-refractivity contribution in [2.24, 2.45) is 0 Å². The van der Waals surface area contributed by atoms with Crippen LogP contribution in [0.25, 0.3) is 0 Å². The Hall–Kier alpha value is -3.35. The number of halogens is 2. The molecule has 0 bridgehead atoms. The maximum atomic E-state index is 13.0. The summed E-state index contributed by atoms with van der Waals surface area (Å²) in [6.45, 7) is 0.537. The second kappa shape index (κ2) is 8.84. The summed E-state index contributed by atoms with van der Waals surface area (Å²) in [7, 11) is 0. The molecule has 1 amide bonds. The number of nitrogens with one attached hydrogen (secondary N) is 1. The van der Waals surface area contributed by atoms with Crippen molar-refractivity contribution in [3.05, 3.63) is 83.8 Å². The predicted molar refractivity (Wildman–Crippen MR) is 93.7 cm³/mol. The van der Waals surface area contributed by atoms with Gasteiger partial charge in [-0.2, -0.15) is 0 Å². The number of hydrogen-bond donors (Lipinski definition) is 1. The lowest BCUT2D eigenvalue weighted by Gasteiger charge is -2.07. The fraction of sp³-hybridized carbons (Fsp3) is 0.150. The number of rotatable bonds is 8. The van der Waals surface area contributed by atoms with Gasteiger partial charge in [0, 0.05) is 6.07 Å². The quantitative estimate of drug-likeness (QED) is 0.608. The third kappa shape index (κ3) is 5.57. The predicted octanol–water partition coefficient (Wildman–Crippen LogP) is 3.95. The molecule has 27 heavy (non-hydrogen) atoms. The van der Waals surface area contributed by atoms with Crippen LogP contribution >= 0.6 is 0 Å². The zero-order valence-electron chi connectivity index (χ0n) is 14.3. The summed E-state index contributed by atoms with van der Waals surface area (Å²) in [5, 5.41) is 2.64. The van der Waals surface area contributed by atoms with Gasteiger partial charge in [0.1, 0.15) is 42.1 Å². The largest absolute Gasteiger partial charge is 0.492 e. The second-order valence-electron chi connectivity index (χ2n) is 5.57. The van der Waals surface area contributed by atoms with Crippen molar-refractivity contribution in [1.82, 2.24) is 5.32 Å². The lowest BCUT2D eigenvalue weighted by atomic mass is 10.3. The molecule has 7 heteroatoms. The van der Waals surface area contributed by atoms with E-state index in [1.165, 1.54) is 42.5 Å². The molecule has 0 spiro atoms. The lowest BCUT2D eigenvalue weighted by molar-refractivity contribution is 0.0915. The molecular formula is C20H17F2NO4. The minimum absolute atomic E-state index is 0.113. The Bertz CT molecular complexity index is 893. The fourth-order valence-corrected chi connectivity index (χ4v) is 2.24. The average Bonchev–Trinajstić information content (AvgIpc) is 3.14. The Morgan fingerprint density at radius 2 is 1.74 bits per heavy atom. The van der Waals surface area contributed by atoms with Crippen LogP contribution in [0.3, 0.4) is 0 Å². The maximum Gasteiger partial charge on any atom is 0.287 e. The van der Waals surface area contributed by atoms with E-state index < -0.39 is 5.91 Å². The molecule has 0 fully saturated rings. The molecule has 0 aliphatic heterocycles. The number of amides is 1. The summed E-state index contributed by atoms with van der Waals surface area (Å²) in [5.74, 6) is 0.351. The number of furan rings is 1. The van der Waals surface area contributed by atoms with Gasteiger partial charge in [-0.25, -0.2) is 8.78 Å². The molecule has 3 aromatic rings. The first-order chi connectivity index (χ1) is 13.1. The van der Waals surface area contributed by atoms with E-state index in [0.29, 0.717) is 17.3 Å². The van der Waals surface area contributed by atoms with Crippen molar-refractivity contribution >= 4 is 5.91 Å². The van der Waals surface area contributed by atoms with E-state index in [1.54, 1.807) is 18.2 Å². The van der Waals surface area contributed by atoms with Crippen molar-refractivity contribution in [2.75, 3.05) is 13.2 Å². The zero-order chi connectivity index (χ0) is 19.1. The lowest BCUT2D eigenvalue weighted by Crippen LogP contribution is -2.27. The maximum absolute atomic E-state index is 13.0. The van der Waals surface area contributed by atoms with Crippen LogP contribution in [-0.2, 0) is 6.61 Å². The molecule has 0 saturated heterocycles. The molecule has 0 aliphatic rings. The van der Waals surface area contributed by atoms with Gasteiger partial charge < -0.3 is 19.2 Å². The third-order valence-corrected chi connectivity index (χ3v) is 3.53. The van der Waals surface area contributed by atoms with E-state index in [9.17, 15) is 13.6 Å². The Morgan fingerprint density at radius 1 is 0.926 bits per heavy atom. The smallest absolute Gasteiger partial charge is 0.287 e. The normalized spacial score (nSPS) is 10.4. The SMILES string of the molecule is O=C(NCCOc1cccc(F)c1)c1ccc(COc2ccc(F)cc2)o1. The van der Waals surface area contributed by atoms with Crippen LogP contribution in [0.4, 0.5) is 8.78 Å². The summed E-state index contributed by atoms with van der Waals surface area (Å²) in [6, 6.07) is 14.5. The van der Waals surface area contributed by atoms with Crippen molar-refractivity contribution in [1.29, 1.82) is 0 Å². The van der Waals surface area contributed by atoms with Crippen LogP contribution in [0, 0.1) is 11.6 Å². The van der Waals surface area contributed by atoms with Gasteiger partial charge in [0.2, 0.25) is 0 Å². The Balaban J connectivity index is 1.42. The van der Waals surface area contributed by atoms with Gasteiger partial charge in [-0.15, -0.1) is 0 Å². The fourth-order valence-electron chi connectivity index (χ4n) is 2.24. The van der Waals surface area contributed by atoms with Crippen LogP contribution in [0.5, 0.6) is 11.5 Å².